The first-order chi connectivity index (χ1) is 8.81. The number of carboxylic acids is 1. The van der Waals surface area contributed by atoms with Crippen molar-refractivity contribution in [3.8, 4) is 6.07 Å². The Balaban J connectivity index is 3.14. The van der Waals surface area contributed by atoms with Crippen LogP contribution in [0.15, 0.2) is 23.1 Å². The summed E-state index contributed by atoms with van der Waals surface area (Å²) in [6.45, 7) is 1.51. The number of hydrogen-bond acceptors (Lipinski definition) is 4. The van der Waals surface area contributed by atoms with Crippen LogP contribution >= 0.6 is 0 Å². The highest BCUT2D eigenvalue weighted by Crippen LogP contribution is 2.15. The number of halogens is 1. The minimum atomic E-state index is -4.11. The molecule has 1 atom stereocenters. The topological polar surface area (TPSA) is 107 Å². The zero-order valence-corrected chi connectivity index (χ0v) is 10.7. The molecule has 0 saturated heterocycles. The Hall–Kier alpha value is -1.98. The molecule has 0 saturated carbocycles. The van der Waals surface area contributed by atoms with Crippen molar-refractivity contribution in [2.75, 3.05) is 0 Å². The van der Waals surface area contributed by atoms with E-state index in [4.69, 9.17) is 10.4 Å². The number of rotatable bonds is 5. The number of hydrogen-bond donors (Lipinski definition) is 2. The molecule has 0 aromatic heterocycles. The second kappa shape index (κ2) is 5.77. The standard InChI is InChI=1S/C11H11FN2O4S/c1-2-10(11(15)16)14-19(17,18)8-3-4-9(12)7(5-8)6-13/h3-5,10,14H,2H2,1H3,(H,15,16)/t10-/m0/s1. The lowest BCUT2D eigenvalue weighted by molar-refractivity contribution is -0.139. The number of nitriles is 1. The minimum Gasteiger partial charge on any atom is -0.480 e. The van der Waals surface area contributed by atoms with Crippen LogP contribution in [0, 0.1) is 17.1 Å². The average molecular weight is 286 g/mol. The number of sulfonamides is 1. The van der Waals surface area contributed by atoms with Crippen molar-refractivity contribution < 1.29 is 22.7 Å². The van der Waals surface area contributed by atoms with Crippen LogP contribution < -0.4 is 4.72 Å². The van der Waals surface area contributed by atoms with Crippen LogP contribution in [0.25, 0.3) is 0 Å². The molecule has 0 aliphatic heterocycles. The molecule has 0 fully saturated rings. The van der Waals surface area contributed by atoms with E-state index in [-0.39, 0.29) is 11.3 Å². The van der Waals surface area contributed by atoms with Gasteiger partial charge in [0.15, 0.2) is 0 Å². The Morgan fingerprint density at radius 3 is 2.68 bits per heavy atom. The number of carbonyl (C=O) groups is 1. The first kappa shape index (κ1) is 15.1. The van der Waals surface area contributed by atoms with E-state index in [9.17, 15) is 17.6 Å². The number of aliphatic carboxylic acids is 1. The lowest BCUT2D eigenvalue weighted by Crippen LogP contribution is -2.40. The van der Waals surface area contributed by atoms with Crippen LogP contribution in [0.4, 0.5) is 4.39 Å². The van der Waals surface area contributed by atoms with Crippen molar-refractivity contribution in [2.45, 2.75) is 24.3 Å². The Bertz CT molecular complexity index is 637. The number of carboxylic acid groups (broad SMARTS) is 1. The van der Waals surface area contributed by atoms with Gasteiger partial charge in [-0.25, -0.2) is 12.8 Å². The molecule has 0 bridgehead atoms. The van der Waals surface area contributed by atoms with Crippen molar-refractivity contribution in [3.63, 3.8) is 0 Å². The molecule has 1 aromatic carbocycles. The van der Waals surface area contributed by atoms with Gasteiger partial charge in [0.25, 0.3) is 0 Å². The van der Waals surface area contributed by atoms with Crippen molar-refractivity contribution in [2.24, 2.45) is 0 Å². The Morgan fingerprint density at radius 2 is 2.21 bits per heavy atom. The van der Waals surface area contributed by atoms with E-state index in [0.717, 1.165) is 18.2 Å². The zero-order chi connectivity index (χ0) is 14.6. The van der Waals surface area contributed by atoms with E-state index in [0.29, 0.717) is 0 Å². The van der Waals surface area contributed by atoms with Crippen molar-refractivity contribution >= 4 is 16.0 Å². The van der Waals surface area contributed by atoms with Crippen molar-refractivity contribution in [3.05, 3.63) is 29.6 Å². The number of benzene rings is 1. The van der Waals surface area contributed by atoms with Gasteiger partial charge < -0.3 is 5.11 Å². The van der Waals surface area contributed by atoms with Crippen LogP contribution in [0.2, 0.25) is 0 Å². The molecule has 0 heterocycles. The fourth-order valence-corrected chi connectivity index (χ4v) is 2.62. The summed E-state index contributed by atoms with van der Waals surface area (Å²) in [6.07, 6.45) is 0.0564. The van der Waals surface area contributed by atoms with Gasteiger partial charge >= 0.3 is 5.97 Å². The fraction of sp³-hybridized carbons (Fsp3) is 0.273. The lowest BCUT2D eigenvalue weighted by atomic mass is 10.2. The molecule has 1 rings (SSSR count). The third kappa shape index (κ3) is 3.49. The molecular weight excluding hydrogens is 275 g/mol. The van der Waals surface area contributed by atoms with Gasteiger partial charge in [0.05, 0.1) is 10.5 Å². The summed E-state index contributed by atoms with van der Waals surface area (Å²) in [5, 5.41) is 17.4. The average Bonchev–Trinajstić information content (AvgIpc) is 2.36. The molecule has 1 aromatic rings. The molecule has 102 valence electrons. The van der Waals surface area contributed by atoms with Crippen LogP contribution in [-0.4, -0.2) is 25.5 Å². The van der Waals surface area contributed by atoms with E-state index in [1.165, 1.54) is 13.0 Å². The second-order valence-corrected chi connectivity index (χ2v) is 5.39. The van der Waals surface area contributed by atoms with Crippen LogP contribution in [0.5, 0.6) is 0 Å². The van der Waals surface area contributed by atoms with E-state index in [1.807, 2.05) is 4.72 Å². The van der Waals surface area contributed by atoms with Gasteiger partial charge in [0.2, 0.25) is 10.0 Å². The normalized spacial score (nSPS) is 12.7. The smallest absolute Gasteiger partial charge is 0.321 e. The highest BCUT2D eigenvalue weighted by atomic mass is 32.2. The molecule has 19 heavy (non-hydrogen) atoms. The van der Waals surface area contributed by atoms with Gasteiger partial charge in [0, 0.05) is 0 Å². The fourth-order valence-electron chi connectivity index (χ4n) is 1.32. The van der Waals surface area contributed by atoms with E-state index in [1.54, 1.807) is 0 Å². The molecule has 0 unspecified atom stereocenters. The lowest BCUT2D eigenvalue weighted by Gasteiger charge is -2.12. The van der Waals surface area contributed by atoms with Crippen LogP contribution in [0.3, 0.4) is 0 Å². The molecular formula is C11H11FN2O4S. The quantitative estimate of drug-likeness (QED) is 0.834. The second-order valence-electron chi connectivity index (χ2n) is 3.67. The molecule has 0 radical (unpaired) electrons. The zero-order valence-electron chi connectivity index (χ0n) is 9.92. The Labute approximate surface area is 109 Å². The maximum absolute atomic E-state index is 13.1. The van der Waals surface area contributed by atoms with Crippen LogP contribution in [0.1, 0.15) is 18.9 Å². The molecule has 8 heteroatoms. The number of nitrogens with one attached hydrogen (secondary N) is 1. The molecule has 2 N–H and O–H groups in total. The van der Waals surface area contributed by atoms with E-state index in [2.05, 4.69) is 0 Å². The van der Waals surface area contributed by atoms with Gasteiger partial charge in [-0.3, -0.25) is 4.79 Å². The van der Waals surface area contributed by atoms with Gasteiger partial charge in [-0.1, -0.05) is 6.92 Å². The third-order valence-corrected chi connectivity index (χ3v) is 3.84. The molecule has 0 spiro atoms. The van der Waals surface area contributed by atoms with Gasteiger partial charge in [-0.05, 0) is 24.6 Å². The third-order valence-electron chi connectivity index (χ3n) is 2.37. The largest absolute Gasteiger partial charge is 0.480 e. The van der Waals surface area contributed by atoms with Gasteiger partial charge in [-0.15, -0.1) is 0 Å². The Morgan fingerprint density at radius 1 is 1.58 bits per heavy atom. The van der Waals surface area contributed by atoms with Crippen LogP contribution in [-0.2, 0) is 14.8 Å². The molecule has 0 amide bonds. The van der Waals surface area contributed by atoms with Crippen molar-refractivity contribution in [1.82, 2.24) is 4.72 Å². The van der Waals surface area contributed by atoms with E-state index < -0.39 is 33.4 Å². The maximum Gasteiger partial charge on any atom is 0.321 e. The molecule has 0 aliphatic rings. The predicted molar refractivity (Wildman–Crippen MR) is 63.2 cm³/mol. The van der Waals surface area contributed by atoms with Gasteiger partial charge in [0.1, 0.15) is 17.9 Å². The highest BCUT2D eigenvalue weighted by molar-refractivity contribution is 7.89. The monoisotopic (exact) mass is 286 g/mol. The minimum absolute atomic E-state index is 0.0564. The Kier molecular flexibility index (Phi) is 4.58. The predicted octanol–water partition coefficient (Wildman–Crippen LogP) is 0.839. The molecule has 0 aliphatic carbocycles. The summed E-state index contributed by atoms with van der Waals surface area (Å²) >= 11 is 0. The van der Waals surface area contributed by atoms with Gasteiger partial charge in [-0.2, -0.15) is 9.98 Å². The van der Waals surface area contributed by atoms with Crippen molar-refractivity contribution in [1.29, 1.82) is 5.26 Å². The summed E-state index contributed by atoms with van der Waals surface area (Å²) in [6, 6.07) is 2.90. The maximum atomic E-state index is 13.1. The summed E-state index contributed by atoms with van der Waals surface area (Å²) < 4.78 is 38.8. The summed E-state index contributed by atoms with van der Waals surface area (Å²) in [5.74, 6) is -2.15. The van der Waals surface area contributed by atoms with E-state index >= 15 is 0 Å². The SMILES string of the molecule is CC[C@H](NS(=O)(=O)c1ccc(F)c(C#N)c1)C(=O)O. The number of nitrogens with zero attached hydrogens (tertiary/aromatic N) is 1. The summed E-state index contributed by atoms with van der Waals surface area (Å²) in [5.41, 5.74) is -0.425. The molecule has 6 nitrogen and oxygen atoms in total. The summed E-state index contributed by atoms with van der Waals surface area (Å²) in [7, 11) is -4.11. The first-order valence-corrected chi connectivity index (χ1v) is 6.75. The summed E-state index contributed by atoms with van der Waals surface area (Å²) in [4.78, 5) is 10.4. The highest BCUT2D eigenvalue weighted by Gasteiger charge is 2.24. The first-order valence-electron chi connectivity index (χ1n) is 5.26.